The van der Waals surface area contributed by atoms with Crippen molar-refractivity contribution in [1.82, 2.24) is 5.32 Å². The van der Waals surface area contributed by atoms with Gasteiger partial charge in [0, 0.05) is 17.1 Å². The van der Waals surface area contributed by atoms with E-state index in [0.29, 0.717) is 19.2 Å². The highest BCUT2D eigenvalue weighted by Gasteiger charge is 2.18. The number of nitrogens with one attached hydrogen (secondary N) is 1. The van der Waals surface area contributed by atoms with E-state index < -0.39 is 6.10 Å². The summed E-state index contributed by atoms with van der Waals surface area (Å²) in [4.78, 5) is 0. The summed E-state index contributed by atoms with van der Waals surface area (Å²) in [6.45, 7) is 3.25. The third-order valence-electron chi connectivity index (χ3n) is 3.90. The fraction of sp³-hybridized carbons (Fsp3) is 0.625. The maximum absolute atomic E-state index is 9.96. The molecule has 1 aromatic carbocycles. The molecule has 3 nitrogen and oxygen atoms in total. The Kier molecular flexibility index (Phi) is 6.33. The highest BCUT2D eigenvalue weighted by molar-refractivity contribution is 9.10. The molecule has 0 spiro atoms. The number of hydrogen-bond acceptors (Lipinski definition) is 3. The van der Waals surface area contributed by atoms with Gasteiger partial charge in [0.25, 0.3) is 0 Å². The highest BCUT2D eigenvalue weighted by Crippen LogP contribution is 2.23. The maximum Gasteiger partial charge on any atom is 0.120 e. The zero-order valence-electron chi connectivity index (χ0n) is 12.0. The van der Waals surface area contributed by atoms with Gasteiger partial charge in [-0.1, -0.05) is 28.9 Å². The van der Waals surface area contributed by atoms with E-state index in [1.807, 2.05) is 24.3 Å². The largest absolute Gasteiger partial charge is 0.491 e. The van der Waals surface area contributed by atoms with Crippen molar-refractivity contribution in [3.05, 3.63) is 28.7 Å². The molecule has 1 aliphatic carbocycles. The molecular formula is C16H24BrNO2. The van der Waals surface area contributed by atoms with E-state index in [1.165, 1.54) is 25.7 Å². The second-order valence-electron chi connectivity index (χ2n) is 5.79. The van der Waals surface area contributed by atoms with Gasteiger partial charge >= 0.3 is 0 Å². The van der Waals surface area contributed by atoms with Crippen LogP contribution in [0.5, 0.6) is 5.75 Å². The summed E-state index contributed by atoms with van der Waals surface area (Å²) in [5.41, 5.74) is 0. The van der Waals surface area contributed by atoms with Crippen molar-refractivity contribution < 1.29 is 9.84 Å². The SMILES string of the molecule is CC1CCC(NCC(O)COc2cccc(Br)c2)CC1. The first-order valence-electron chi connectivity index (χ1n) is 7.43. The fourth-order valence-electron chi connectivity index (χ4n) is 2.58. The molecule has 1 aromatic rings. The van der Waals surface area contributed by atoms with Crippen molar-refractivity contribution in [3.8, 4) is 5.75 Å². The minimum absolute atomic E-state index is 0.326. The molecule has 0 aliphatic heterocycles. The third-order valence-corrected chi connectivity index (χ3v) is 4.39. The van der Waals surface area contributed by atoms with Crippen LogP contribution in [0.15, 0.2) is 28.7 Å². The molecule has 0 aromatic heterocycles. The number of aliphatic hydroxyl groups excluding tert-OH is 1. The lowest BCUT2D eigenvalue weighted by atomic mass is 9.87. The number of halogens is 1. The average Bonchev–Trinajstić information content (AvgIpc) is 2.45. The molecule has 1 aliphatic rings. The molecular weight excluding hydrogens is 318 g/mol. The van der Waals surface area contributed by atoms with Crippen LogP contribution in [0.2, 0.25) is 0 Å². The van der Waals surface area contributed by atoms with Gasteiger partial charge in [-0.25, -0.2) is 0 Å². The van der Waals surface area contributed by atoms with Gasteiger partial charge in [-0.15, -0.1) is 0 Å². The Bertz CT molecular complexity index is 405. The van der Waals surface area contributed by atoms with Crippen LogP contribution in [0.3, 0.4) is 0 Å². The van der Waals surface area contributed by atoms with Crippen molar-refractivity contribution in [2.24, 2.45) is 5.92 Å². The smallest absolute Gasteiger partial charge is 0.120 e. The molecule has 20 heavy (non-hydrogen) atoms. The van der Waals surface area contributed by atoms with Crippen LogP contribution in [0, 0.1) is 5.92 Å². The molecule has 1 fully saturated rings. The lowest BCUT2D eigenvalue weighted by Crippen LogP contribution is -2.39. The second-order valence-corrected chi connectivity index (χ2v) is 6.70. The Hall–Kier alpha value is -0.580. The predicted octanol–water partition coefficient (Wildman–Crippen LogP) is 3.36. The minimum Gasteiger partial charge on any atom is -0.491 e. The van der Waals surface area contributed by atoms with Gasteiger partial charge in [0.05, 0.1) is 0 Å². The Morgan fingerprint density at radius 2 is 2.10 bits per heavy atom. The van der Waals surface area contributed by atoms with Crippen LogP contribution >= 0.6 is 15.9 Å². The third kappa shape index (κ3) is 5.43. The Balaban J connectivity index is 1.64. The maximum atomic E-state index is 9.96. The second kappa shape index (κ2) is 8.01. The number of rotatable bonds is 6. The molecule has 0 amide bonds. The van der Waals surface area contributed by atoms with Gasteiger partial charge in [0.2, 0.25) is 0 Å². The van der Waals surface area contributed by atoms with E-state index in [1.54, 1.807) is 0 Å². The predicted molar refractivity (Wildman–Crippen MR) is 85.1 cm³/mol. The zero-order chi connectivity index (χ0) is 14.4. The Labute approximate surface area is 129 Å². The molecule has 4 heteroatoms. The van der Waals surface area contributed by atoms with Crippen molar-refractivity contribution in [2.45, 2.75) is 44.8 Å². The summed E-state index contributed by atoms with van der Waals surface area (Å²) in [7, 11) is 0. The number of aliphatic hydroxyl groups is 1. The molecule has 0 bridgehead atoms. The number of ether oxygens (including phenoxy) is 1. The Morgan fingerprint density at radius 3 is 2.80 bits per heavy atom. The van der Waals surface area contributed by atoms with Crippen LogP contribution in [-0.2, 0) is 0 Å². The summed E-state index contributed by atoms with van der Waals surface area (Å²) in [6.07, 6.45) is 4.57. The molecule has 1 unspecified atom stereocenters. The van der Waals surface area contributed by atoms with Crippen LogP contribution in [0.25, 0.3) is 0 Å². The van der Waals surface area contributed by atoms with Gasteiger partial charge in [-0.3, -0.25) is 0 Å². The van der Waals surface area contributed by atoms with Crippen LogP contribution in [0.4, 0.5) is 0 Å². The van der Waals surface area contributed by atoms with Crippen LogP contribution in [-0.4, -0.2) is 30.4 Å². The lowest BCUT2D eigenvalue weighted by molar-refractivity contribution is 0.101. The molecule has 0 radical (unpaired) electrons. The van der Waals surface area contributed by atoms with Crippen molar-refractivity contribution in [1.29, 1.82) is 0 Å². The number of hydrogen-bond donors (Lipinski definition) is 2. The van der Waals surface area contributed by atoms with Gasteiger partial charge in [-0.2, -0.15) is 0 Å². The van der Waals surface area contributed by atoms with Gasteiger partial charge < -0.3 is 15.2 Å². The summed E-state index contributed by atoms with van der Waals surface area (Å²) < 4.78 is 6.57. The van der Waals surface area contributed by atoms with Crippen molar-refractivity contribution in [3.63, 3.8) is 0 Å². The molecule has 1 saturated carbocycles. The monoisotopic (exact) mass is 341 g/mol. The standard InChI is InChI=1S/C16H24BrNO2/c1-12-5-7-14(8-6-12)18-10-15(19)11-20-16-4-2-3-13(17)9-16/h2-4,9,12,14-15,18-19H,5-8,10-11H2,1H3. The first kappa shape index (κ1) is 15.8. The van der Waals surface area contributed by atoms with E-state index in [0.717, 1.165) is 16.1 Å². The topological polar surface area (TPSA) is 41.5 Å². The zero-order valence-corrected chi connectivity index (χ0v) is 13.6. The fourth-order valence-corrected chi connectivity index (χ4v) is 2.95. The molecule has 2 N–H and O–H groups in total. The van der Waals surface area contributed by atoms with E-state index in [-0.39, 0.29) is 0 Å². The van der Waals surface area contributed by atoms with E-state index >= 15 is 0 Å². The van der Waals surface area contributed by atoms with Gasteiger partial charge in [0.15, 0.2) is 0 Å². The van der Waals surface area contributed by atoms with Gasteiger partial charge in [-0.05, 0) is 49.8 Å². The highest BCUT2D eigenvalue weighted by atomic mass is 79.9. The molecule has 2 rings (SSSR count). The molecule has 0 heterocycles. The van der Waals surface area contributed by atoms with Crippen molar-refractivity contribution in [2.75, 3.05) is 13.2 Å². The summed E-state index contributed by atoms with van der Waals surface area (Å²) >= 11 is 3.40. The lowest BCUT2D eigenvalue weighted by Gasteiger charge is -2.27. The Morgan fingerprint density at radius 1 is 1.35 bits per heavy atom. The van der Waals surface area contributed by atoms with E-state index in [9.17, 15) is 5.11 Å². The first-order valence-corrected chi connectivity index (χ1v) is 8.22. The normalized spacial score (nSPS) is 24.4. The molecule has 112 valence electrons. The average molecular weight is 342 g/mol. The van der Waals surface area contributed by atoms with Gasteiger partial charge in [0.1, 0.15) is 18.5 Å². The van der Waals surface area contributed by atoms with E-state index in [2.05, 4.69) is 28.2 Å². The van der Waals surface area contributed by atoms with E-state index in [4.69, 9.17) is 4.74 Å². The summed E-state index contributed by atoms with van der Waals surface area (Å²) in [5.74, 6) is 1.64. The first-order chi connectivity index (χ1) is 9.63. The molecule has 0 saturated heterocycles. The van der Waals surface area contributed by atoms with Crippen LogP contribution in [0.1, 0.15) is 32.6 Å². The summed E-state index contributed by atoms with van der Waals surface area (Å²) in [5, 5.41) is 13.4. The van der Waals surface area contributed by atoms with Crippen LogP contribution < -0.4 is 10.1 Å². The minimum atomic E-state index is -0.465. The molecule has 1 atom stereocenters. The number of benzene rings is 1. The quantitative estimate of drug-likeness (QED) is 0.833. The van der Waals surface area contributed by atoms with Crippen molar-refractivity contribution >= 4 is 15.9 Å². The summed E-state index contributed by atoms with van der Waals surface area (Å²) in [6, 6.07) is 8.24.